The van der Waals surface area contributed by atoms with Crippen LogP contribution in [0.2, 0.25) is 0 Å². The molecule has 0 aliphatic carbocycles. The molecule has 0 heterocycles. The zero-order valence-corrected chi connectivity index (χ0v) is 35.6. The van der Waals surface area contributed by atoms with E-state index in [0.717, 1.165) is 64.2 Å². The minimum atomic E-state index is -4.75. The number of hydrogen-bond acceptors (Lipinski definition) is 8. The van der Waals surface area contributed by atoms with Gasteiger partial charge in [0.2, 0.25) is 5.91 Å². The smallest absolute Gasteiger partial charge is 0.472 e. The maximum Gasteiger partial charge on any atom is 0.472 e. The number of aliphatic hydroxyl groups is 1. The predicted molar refractivity (Wildman–Crippen MR) is 222 cm³/mol. The third-order valence-electron chi connectivity index (χ3n) is 9.49. The Labute approximate surface area is 334 Å². The second-order valence-electron chi connectivity index (χ2n) is 14.9. The molecular formula is C43H80NO10P. The first-order chi connectivity index (χ1) is 26.6. The highest BCUT2D eigenvalue weighted by atomic mass is 31.2. The molecule has 0 aromatic carbocycles. The number of aliphatic carboxylic acids is 1. The number of rotatable bonds is 41. The Balaban J connectivity index is 3.90. The molecule has 0 aliphatic rings. The quantitative estimate of drug-likeness (QED) is 0.0202. The number of esters is 1. The highest BCUT2D eigenvalue weighted by molar-refractivity contribution is 7.47. The van der Waals surface area contributed by atoms with Crippen LogP contribution in [0.15, 0.2) is 24.3 Å². The molecule has 12 heteroatoms. The molecule has 3 atom stereocenters. The van der Waals surface area contributed by atoms with E-state index in [2.05, 4.69) is 43.5 Å². The van der Waals surface area contributed by atoms with Crippen molar-refractivity contribution in [3.8, 4) is 0 Å². The fourth-order valence-corrected chi connectivity index (χ4v) is 6.81. The molecular weight excluding hydrogens is 721 g/mol. The summed E-state index contributed by atoms with van der Waals surface area (Å²) < 4.78 is 26.8. The normalized spacial score (nSPS) is 14.0. The summed E-state index contributed by atoms with van der Waals surface area (Å²) in [6, 6.07) is -1.54. The van der Waals surface area contributed by atoms with Gasteiger partial charge in [-0.25, -0.2) is 9.36 Å². The maximum absolute atomic E-state index is 12.3. The molecule has 0 spiro atoms. The zero-order valence-electron chi connectivity index (χ0n) is 34.7. The van der Waals surface area contributed by atoms with Crippen molar-refractivity contribution >= 4 is 25.7 Å². The van der Waals surface area contributed by atoms with Gasteiger partial charge in [-0.15, -0.1) is 0 Å². The van der Waals surface area contributed by atoms with Gasteiger partial charge >= 0.3 is 19.8 Å². The molecule has 0 fully saturated rings. The summed E-state index contributed by atoms with van der Waals surface area (Å²) in [5, 5.41) is 21.8. The van der Waals surface area contributed by atoms with Crippen LogP contribution in [0.3, 0.4) is 0 Å². The van der Waals surface area contributed by atoms with Gasteiger partial charge in [0.1, 0.15) is 12.7 Å². The fourth-order valence-electron chi connectivity index (χ4n) is 6.04. The van der Waals surface area contributed by atoms with Crippen LogP contribution >= 0.6 is 7.82 Å². The first-order valence-electron chi connectivity index (χ1n) is 21.9. The minimum Gasteiger partial charge on any atom is -0.480 e. The van der Waals surface area contributed by atoms with E-state index >= 15 is 0 Å². The van der Waals surface area contributed by atoms with Crippen LogP contribution in [0.25, 0.3) is 0 Å². The monoisotopic (exact) mass is 802 g/mol. The van der Waals surface area contributed by atoms with E-state index in [1.165, 1.54) is 96.3 Å². The van der Waals surface area contributed by atoms with Crippen LogP contribution in [-0.4, -0.2) is 64.9 Å². The Hall–Kier alpha value is -2.04. The number of ether oxygens (including phenoxy) is 1. The number of carbonyl (C=O) groups excluding carboxylic acids is 2. The molecule has 0 aromatic heterocycles. The lowest BCUT2D eigenvalue weighted by atomic mass is 10.0. The Morgan fingerprint density at radius 3 is 1.53 bits per heavy atom. The molecule has 11 nitrogen and oxygen atoms in total. The van der Waals surface area contributed by atoms with Gasteiger partial charge < -0.3 is 25.2 Å². The van der Waals surface area contributed by atoms with Gasteiger partial charge in [0.25, 0.3) is 0 Å². The Morgan fingerprint density at radius 2 is 1.02 bits per heavy atom. The van der Waals surface area contributed by atoms with E-state index in [1.807, 2.05) is 0 Å². The van der Waals surface area contributed by atoms with E-state index in [9.17, 15) is 34.1 Å². The highest BCUT2D eigenvalue weighted by Crippen LogP contribution is 2.43. The SMILES string of the molecule is CCCC/C=C\C/C=C\CCCCCCCC(=O)OCC(O)COP(=O)(O)OCC(NC(=O)CCCCCCCCCCCCCCCCCCC)C(=O)O. The van der Waals surface area contributed by atoms with Crippen molar-refractivity contribution in [1.82, 2.24) is 5.32 Å². The highest BCUT2D eigenvalue weighted by Gasteiger charge is 2.28. The second-order valence-corrected chi connectivity index (χ2v) is 16.3. The molecule has 0 aromatic rings. The zero-order chi connectivity index (χ0) is 40.7. The van der Waals surface area contributed by atoms with Crippen LogP contribution < -0.4 is 5.32 Å². The molecule has 4 N–H and O–H groups in total. The number of phosphoric ester groups is 1. The van der Waals surface area contributed by atoms with Crippen LogP contribution in [0, 0.1) is 0 Å². The second kappa shape index (κ2) is 38.8. The Kier molecular flexibility index (Phi) is 37.4. The van der Waals surface area contributed by atoms with Gasteiger partial charge in [-0.1, -0.05) is 173 Å². The van der Waals surface area contributed by atoms with Crippen molar-refractivity contribution in [1.29, 1.82) is 0 Å². The number of phosphoric acid groups is 1. The van der Waals surface area contributed by atoms with Crippen molar-refractivity contribution in [2.24, 2.45) is 0 Å². The maximum atomic E-state index is 12.3. The summed E-state index contributed by atoms with van der Waals surface area (Å²) in [5.74, 6) is -2.38. The summed E-state index contributed by atoms with van der Waals surface area (Å²) in [7, 11) is -4.75. The van der Waals surface area contributed by atoms with Crippen molar-refractivity contribution < 1.29 is 47.8 Å². The lowest BCUT2D eigenvalue weighted by Crippen LogP contribution is -2.43. The molecule has 0 bridgehead atoms. The van der Waals surface area contributed by atoms with Crippen molar-refractivity contribution in [3.05, 3.63) is 24.3 Å². The topological polar surface area (TPSA) is 169 Å². The number of aliphatic hydroxyl groups excluding tert-OH is 1. The number of hydrogen-bond donors (Lipinski definition) is 4. The van der Waals surface area contributed by atoms with Crippen LogP contribution in [0.1, 0.15) is 200 Å². The number of amides is 1. The van der Waals surface area contributed by atoms with Crippen LogP contribution in [0.5, 0.6) is 0 Å². The third kappa shape index (κ3) is 38.6. The van der Waals surface area contributed by atoms with Crippen molar-refractivity contribution in [3.63, 3.8) is 0 Å². The largest absolute Gasteiger partial charge is 0.480 e. The molecule has 0 saturated carbocycles. The summed E-state index contributed by atoms with van der Waals surface area (Å²) in [6.07, 6.45) is 39.1. The molecule has 322 valence electrons. The van der Waals surface area contributed by atoms with Crippen molar-refractivity contribution in [2.45, 2.75) is 212 Å². The van der Waals surface area contributed by atoms with Gasteiger partial charge in [-0.05, 0) is 38.5 Å². The third-order valence-corrected chi connectivity index (χ3v) is 10.4. The molecule has 0 saturated heterocycles. The molecule has 1 amide bonds. The number of carbonyl (C=O) groups is 3. The fraction of sp³-hybridized carbons (Fsp3) is 0.837. The van der Waals surface area contributed by atoms with Gasteiger partial charge in [0, 0.05) is 12.8 Å². The summed E-state index contributed by atoms with van der Waals surface area (Å²) in [6.45, 7) is 2.55. The molecule has 3 unspecified atom stereocenters. The molecule has 0 radical (unpaired) electrons. The standard InChI is InChI=1S/C43H80NO10P/c1-3-5-7-9-11-13-15-17-19-20-21-22-24-26-28-30-32-34-41(46)44-40(43(48)49)38-54-55(50,51)53-37-39(45)36-52-42(47)35-33-31-29-27-25-23-18-16-14-12-10-8-6-4-2/h10,12,16,18,39-40,45H,3-9,11,13-15,17,19-38H2,1-2H3,(H,44,46)(H,48,49)(H,50,51)/b12-10-,18-16-. The average molecular weight is 802 g/mol. The predicted octanol–water partition coefficient (Wildman–Crippen LogP) is 11.1. The van der Waals surface area contributed by atoms with E-state index < -0.39 is 57.6 Å². The van der Waals surface area contributed by atoms with Gasteiger partial charge in [0.15, 0.2) is 6.04 Å². The summed E-state index contributed by atoms with van der Waals surface area (Å²) >= 11 is 0. The van der Waals surface area contributed by atoms with Crippen LogP contribution in [-0.2, 0) is 32.7 Å². The summed E-state index contributed by atoms with van der Waals surface area (Å²) in [4.78, 5) is 45.9. The number of carboxylic acid groups (broad SMARTS) is 1. The lowest BCUT2D eigenvalue weighted by Gasteiger charge is -2.18. The van der Waals surface area contributed by atoms with E-state index in [-0.39, 0.29) is 12.8 Å². The minimum absolute atomic E-state index is 0.149. The van der Waals surface area contributed by atoms with Gasteiger partial charge in [0.05, 0.1) is 13.2 Å². The number of allylic oxidation sites excluding steroid dienone is 4. The van der Waals surface area contributed by atoms with Crippen LogP contribution in [0.4, 0.5) is 0 Å². The Morgan fingerprint density at radius 1 is 0.582 bits per heavy atom. The first kappa shape index (κ1) is 53.0. The summed E-state index contributed by atoms with van der Waals surface area (Å²) in [5.41, 5.74) is 0. The van der Waals surface area contributed by atoms with Gasteiger partial charge in [-0.2, -0.15) is 0 Å². The molecule has 0 rings (SSSR count). The van der Waals surface area contributed by atoms with Crippen molar-refractivity contribution in [2.75, 3.05) is 19.8 Å². The van der Waals surface area contributed by atoms with E-state index in [1.54, 1.807) is 0 Å². The lowest BCUT2D eigenvalue weighted by molar-refractivity contribution is -0.147. The van der Waals surface area contributed by atoms with Gasteiger partial charge in [-0.3, -0.25) is 18.6 Å². The number of unbranched alkanes of at least 4 members (excludes halogenated alkanes) is 23. The molecule has 55 heavy (non-hydrogen) atoms. The molecule has 0 aliphatic heterocycles. The average Bonchev–Trinajstić information content (AvgIpc) is 3.16. The van der Waals surface area contributed by atoms with E-state index in [4.69, 9.17) is 13.8 Å². The number of carboxylic acids is 1. The van der Waals surface area contributed by atoms with E-state index in [0.29, 0.717) is 12.8 Å². The first-order valence-corrected chi connectivity index (χ1v) is 23.4. The number of nitrogens with one attached hydrogen (secondary N) is 1. The Bertz CT molecular complexity index is 1040.